The first-order valence-corrected chi connectivity index (χ1v) is 7.87. The molecule has 1 aromatic heterocycles. The van der Waals surface area contributed by atoms with Crippen LogP contribution in [0.1, 0.15) is 53.6 Å². The molecule has 1 heterocycles. The summed E-state index contributed by atoms with van der Waals surface area (Å²) in [6.45, 7) is 3.86. The van der Waals surface area contributed by atoms with E-state index in [4.69, 9.17) is 4.42 Å². The van der Waals surface area contributed by atoms with Gasteiger partial charge in [0, 0.05) is 23.2 Å². The summed E-state index contributed by atoms with van der Waals surface area (Å²) in [7, 11) is 1.34. The summed E-state index contributed by atoms with van der Waals surface area (Å²) in [6, 6.07) is -0.0122. The Kier molecular flexibility index (Phi) is 5.79. The predicted octanol–water partition coefficient (Wildman–Crippen LogP) is 3.18. The van der Waals surface area contributed by atoms with Crippen LogP contribution in [0.15, 0.2) is 22.6 Å². The van der Waals surface area contributed by atoms with Crippen molar-refractivity contribution in [2.75, 3.05) is 7.11 Å². The summed E-state index contributed by atoms with van der Waals surface area (Å²) in [4.78, 5) is 23.3. The molecule has 5 heteroatoms. The van der Waals surface area contributed by atoms with Gasteiger partial charge in [-0.3, -0.25) is 4.79 Å². The Morgan fingerprint density at radius 2 is 2.26 bits per heavy atom. The average Bonchev–Trinajstić information content (AvgIpc) is 2.89. The second-order valence-corrected chi connectivity index (χ2v) is 5.72. The molecule has 1 aliphatic rings. The molecular weight excluding hydrogens is 294 g/mol. The third-order valence-corrected chi connectivity index (χ3v) is 3.94. The highest BCUT2D eigenvalue weighted by atomic mass is 16.5. The van der Waals surface area contributed by atoms with Crippen molar-refractivity contribution < 1.29 is 18.7 Å². The van der Waals surface area contributed by atoms with E-state index in [1.54, 1.807) is 6.08 Å². The maximum Gasteiger partial charge on any atom is 0.330 e. The van der Waals surface area contributed by atoms with Gasteiger partial charge in [-0.05, 0) is 45.6 Å². The largest absolute Gasteiger partial charge is 0.466 e. The van der Waals surface area contributed by atoms with Gasteiger partial charge in [0.25, 0.3) is 5.91 Å². The van der Waals surface area contributed by atoms with E-state index in [1.165, 1.54) is 13.2 Å². The van der Waals surface area contributed by atoms with Gasteiger partial charge in [-0.25, -0.2) is 4.79 Å². The summed E-state index contributed by atoms with van der Waals surface area (Å²) < 4.78 is 10.2. The minimum atomic E-state index is -0.369. The molecule has 1 atom stereocenters. The van der Waals surface area contributed by atoms with Crippen LogP contribution in [-0.4, -0.2) is 25.0 Å². The number of fused-ring (bicyclic) bond motifs is 1. The van der Waals surface area contributed by atoms with Gasteiger partial charge in [0.05, 0.1) is 7.11 Å². The van der Waals surface area contributed by atoms with Crippen molar-refractivity contribution in [1.82, 2.24) is 5.32 Å². The fourth-order valence-corrected chi connectivity index (χ4v) is 2.61. The van der Waals surface area contributed by atoms with Crippen molar-refractivity contribution in [1.29, 1.82) is 0 Å². The SMILES string of the molecule is COC(=O)/C=C/CC[C@@H](C)NC(=O)c1oc2c(c1C)CCC=C2. The normalized spacial score (nSPS) is 14.6. The summed E-state index contributed by atoms with van der Waals surface area (Å²) in [5.74, 6) is 0.646. The van der Waals surface area contributed by atoms with Crippen LogP contribution in [0, 0.1) is 6.92 Å². The van der Waals surface area contributed by atoms with Crippen molar-refractivity contribution in [3.05, 3.63) is 40.9 Å². The number of furan rings is 1. The quantitative estimate of drug-likeness (QED) is 0.646. The van der Waals surface area contributed by atoms with E-state index < -0.39 is 0 Å². The first kappa shape index (κ1) is 17.1. The van der Waals surface area contributed by atoms with Crippen molar-refractivity contribution in [3.8, 4) is 0 Å². The fourth-order valence-electron chi connectivity index (χ4n) is 2.61. The lowest BCUT2D eigenvalue weighted by atomic mass is 10.00. The molecule has 0 unspecified atom stereocenters. The van der Waals surface area contributed by atoms with Gasteiger partial charge in [0.15, 0.2) is 5.76 Å². The van der Waals surface area contributed by atoms with E-state index >= 15 is 0 Å². The molecule has 1 aromatic rings. The Hall–Kier alpha value is -2.30. The van der Waals surface area contributed by atoms with Crippen molar-refractivity contribution in [2.45, 2.75) is 45.6 Å². The zero-order chi connectivity index (χ0) is 16.8. The molecule has 0 radical (unpaired) electrons. The molecule has 124 valence electrons. The summed E-state index contributed by atoms with van der Waals surface area (Å²) in [5, 5.41) is 2.94. The molecule has 0 aliphatic heterocycles. The van der Waals surface area contributed by atoms with Crippen LogP contribution in [0.5, 0.6) is 0 Å². The molecule has 2 rings (SSSR count). The van der Waals surface area contributed by atoms with Gasteiger partial charge in [-0.1, -0.05) is 12.2 Å². The molecule has 23 heavy (non-hydrogen) atoms. The number of rotatable bonds is 6. The van der Waals surface area contributed by atoms with Crippen LogP contribution in [-0.2, 0) is 16.0 Å². The second kappa shape index (κ2) is 7.81. The maximum absolute atomic E-state index is 12.4. The molecule has 1 amide bonds. The Morgan fingerprint density at radius 1 is 1.48 bits per heavy atom. The van der Waals surface area contributed by atoms with Gasteiger partial charge in [-0.15, -0.1) is 0 Å². The zero-order valence-corrected chi connectivity index (χ0v) is 13.8. The van der Waals surface area contributed by atoms with Crippen molar-refractivity contribution in [3.63, 3.8) is 0 Å². The monoisotopic (exact) mass is 317 g/mol. The lowest BCUT2D eigenvalue weighted by Gasteiger charge is -2.12. The van der Waals surface area contributed by atoms with Gasteiger partial charge < -0.3 is 14.5 Å². The topological polar surface area (TPSA) is 68.5 Å². The number of ether oxygens (including phenoxy) is 1. The van der Waals surface area contributed by atoms with E-state index in [2.05, 4.69) is 16.1 Å². The highest BCUT2D eigenvalue weighted by Gasteiger charge is 2.22. The van der Waals surface area contributed by atoms with Crippen LogP contribution in [0.25, 0.3) is 6.08 Å². The lowest BCUT2D eigenvalue weighted by Crippen LogP contribution is -2.32. The van der Waals surface area contributed by atoms with Crippen LogP contribution in [0.2, 0.25) is 0 Å². The van der Waals surface area contributed by atoms with Crippen LogP contribution >= 0.6 is 0 Å². The number of esters is 1. The summed E-state index contributed by atoms with van der Waals surface area (Å²) >= 11 is 0. The number of hydrogen-bond donors (Lipinski definition) is 1. The highest BCUT2D eigenvalue weighted by Crippen LogP contribution is 2.28. The van der Waals surface area contributed by atoms with E-state index in [-0.39, 0.29) is 17.9 Å². The van der Waals surface area contributed by atoms with E-state index in [0.29, 0.717) is 12.2 Å². The summed E-state index contributed by atoms with van der Waals surface area (Å²) in [6.07, 6.45) is 10.5. The van der Waals surface area contributed by atoms with Crippen LogP contribution in [0.4, 0.5) is 0 Å². The Labute approximate surface area is 136 Å². The van der Waals surface area contributed by atoms with Crippen molar-refractivity contribution in [2.24, 2.45) is 0 Å². The molecule has 0 saturated heterocycles. The maximum atomic E-state index is 12.4. The smallest absolute Gasteiger partial charge is 0.330 e. The Bertz CT molecular complexity index is 640. The number of nitrogens with one attached hydrogen (secondary N) is 1. The second-order valence-electron chi connectivity index (χ2n) is 5.72. The highest BCUT2D eigenvalue weighted by molar-refractivity contribution is 5.94. The van der Waals surface area contributed by atoms with E-state index in [9.17, 15) is 9.59 Å². The number of carbonyl (C=O) groups is 2. The lowest BCUT2D eigenvalue weighted by molar-refractivity contribution is -0.134. The molecule has 0 fully saturated rings. The number of methoxy groups -OCH3 is 1. The molecule has 1 aliphatic carbocycles. The Morgan fingerprint density at radius 3 is 2.96 bits per heavy atom. The minimum absolute atomic E-state index is 0.0122. The molecule has 5 nitrogen and oxygen atoms in total. The summed E-state index contributed by atoms with van der Waals surface area (Å²) in [5.41, 5.74) is 2.06. The fraction of sp³-hybridized carbons (Fsp3) is 0.444. The molecule has 0 spiro atoms. The first-order valence-electron chi connectivity index (χ1n) is 7.87. The molecule has 0 aromatic carbocycles. The van der Waals surface area contributed by atoms with E-state index in [0.717, 1.165) is 36.1 Å². The van der Waals surface area contributed by atoms with Gasteiger partial charge in [0.1, 0.15) is 5.76 Å². The number of hydrogen-bond acceptors (Lipinski definition) is 4. The molecule has 0 bridgehead atoms. The first-order chi connectivity index (χ1) is 11.0. The van der Waals surface area contributed by atoms with Gasteiger partial charge in [-0.2, -0.15) is 0 Å². The third kappa shape index (κ3) is 4.34. The number of allylic oxidation sites excluding steroid dienone is 2. The predicted molar refractivity (Wildman–Crippen MR) is 88.1 cm³/mol. The van der Waals surface area contributed by atoms with Gasteiger partial charge in [0.2, 0.25) is 0 Å². The van der Waals surface area contributed by atoms with Crippen molar-refractivity contribution >= 4 is 18.0 Å². The standard InChI is InChI=1S/C18H23NO4/c1-12(8-4-7-11-16(20)22-3)19-18(21)17-13(2)14-9-5-6-10-15(14)23-17/h6-7,10-12H,4-5,8-9H2,1-3H3,(H,19,21)/b11-7+/t12-/m1/s1. The third-order valence-electron chi connectivity index (χ3n) is 3.94. The van der Waals surface area contributed by atoms with Gasteiger partial charge >= 0.3 is 5.97 Å². The van der Waals surface area contributed by atoms with Crippen LogP contribution in [0.3, 0.4) is 0 Å². The average molecular weight is 317 g/mol. The number of amides is 1. The molecular formula is C18H23NO4. The molecule has 0 saturated carbocycles. The van der Waals surface area contributed by atoms with E-state index in [1.807, 2.05) is 19.9 Å². The number of carbonyl (C=O) groups excluding carboxylic acids is 2. The zero-order valence-electron chi connectivity index (χ0n) is 13.8. The molecule has 1 N–H and O–H groups in total. The van der Waals surface area contributed by atoms with Crippen LogP contribution < -0.4 is 5.32 Å². The Balaban J connectivity index is 1.89. The minimum Gasteiger partial charge on any atom is -0.466 e.